The maximum Gasteiger partial charge on any atom is 0.348 e. The van der Waals surface area contributed by atoms with Gasteiger partial charge in [0.15, 0.2) is 5.89 Å². The van der Waals surface area contributed by atoms with Gasteiger partial charge in [0.2, 0.25) is 0 Å². The highest BCUT2D eigenvalue weighted by Gasteiger charge is 2.13. The zero-order valence-electron chi connectivity index (χ0n) is 9.30. The van der Waals surface area contributed by atoms with Crippen molar-refractivity contribution in [3.63, 3.8) is 0 Å². The number of esters is 1. The Morgan fingerprint density at radius 1 is 1.65 bits per heavy atom. The third-order valence-corrected chi connectivity index (χ3v) is 2.98. The van der Waals surface area contributed by atoms with E-state index in [1.54, 1.807) is 19.1 Å². The summed E-state index contributed by atoms with van der Waals surface area (Å²) in [5.41, 5.74) is 6.07. The average Bonchev–Trinajstić information content (AvgIpc) is 2.94. The summed E-state index contributed by atoms with van der Waals surface area (Å²) in [4.78, 5) is 16.3. The Kier molecular flexibility index (Phi) is 3.55. The zero-order chi connectivity index (χ0) is 12.3. The van der Waals surface area contributed by atoms with Gasteiger partial charge in [-0.2, -0.15) is 0 Å². The van der Waals surface area contributed by atoms with Crippen molar-refractivity contribution < 1.29 is 13.9 Å². The van der Waals surface area contributed by atoms with Gasteiger partial charge in [-0.15, -0.1) is 11.3 Å². The molecule has 2 rings (SSSR count). The van der Waals surface area contributed by atoms with Crippen molar-refractivity contribution in [1.82, 2.24) is 4.98 Å². The van der Waals surface area contributed by atoms with E-state index in [-0.39, 0.29) is 19.1 Å². The number of hydrogen-bond acceptors (Lipinski definition) is 6. The van der Waals surface area contributed by atoms with Gasteiger partial charge in [0.25, 0.3) is 0 Å². The van der Waals surface area contributed by atoms with Gasteiger partial charge < -0.3 is 14.9 Å². The quantitative estimate of drug-likeness (QED) is 0.840. The molecule has 6 heteroatoms. The fourth-order valence-electron chi connectivity index (χ4n) is 1.38. The molecular formula is C11H12N2O3S. The minimum absolute atomic E-state index is 0.0839. The number of carbonyl (C=O) groups is 1. The van der Waals surface area contributed by atoms with Crippen molar-refractivity contribution in [3.8, 4) is 0 Å². The molecular weight excluding hydrogens is 240 g/mol. The Bertz CT molecular complexity index is 505. The van der Waals surface area contributed by atoms with Crippen molar-refractivity contribution >= 4 is 17.3 Å². The van der Waals surface area contributed by atoms with Crippen LogP contribution >= 0.6 is 11.3 Å². The van der Waals surface area contributed by atoms with Crippen LogP contribution < -0.4 is 5.73 Å². The molecule has 0 aliphatic heterocycles. The number of nitrogens with two attached hydrogens (primary N) is 1. The molecule has 0 aliphatic rings. The second-order valence-corrected chi connectivity index (χ2v) is 4.31. The number of hydrogen-bond donors (Lipinski definition) is 1. The second-order valence-electron chi connectivity index (χ2n) is 3.36. The first-order valence-electron chi connectivity index (χ1n) is 5.06. The van der Waals surface area contributed by atoms with Gasteiger partial charge in [0.05, 0.1) is 6.54 Å². The third-order valence-electron chi connectivity index (χ3n) is 2.13. The fraction of sp³-hybridized carbons (Fsp3) is 0.273. The fourth-order valence-corrected chi connectivity index (χ4v) is 2.00. The van der Waals surface area contributed by atoms with Crippen LogP contribution in [0.4, 0.5) is 0 Å². The molecule has 0 aliphatic carbocycles. The smallest absolute Gasteiger partial charge is 0.348 e. The van der Waals surface area contributed by atoms with Gasteiger partial charge in [-0.3, -0.25) is 0 Å². The van der Waals surface area contributed by atoms with Gasteiger partial charge in [0, 0.05) is 6.92 Å². The maximum atomic E-state index is 11.6. The van der Waals surface area contributed by atoms with E-state index in [0.29, 0.717) is 22.2 Å². The van der Waals surface area contributed by atoms with Gasteiger partial charge in [-0.1, -0.05) is 6.07 Å². The molecule has 0 atom stereocenters. The molecule has 0 bridgehead atoms. The second kappa shape index (κ2) is 5.11. The van der Waals surface area contributed by atoms with Gasteiger partial charge in [0.1, 0.15) is 22.9 Å². The van der Waals surface area contributed by atoms with Crippen LogP contribution in [0.15, 0.2) is 21.9 Å². The monoisotopic (exact) mass is 252 g/mol. The van der Waals surface area contributed by atoms with E-state index in [1.807, 2.05) is 5.38 Å². The number of aryl methyl sites for hydroxylation is 1. The number of oxazole rings is 1. The van der Waals surface area contributed by atoms with Gasteiger partial charge in [-0.05, 0) is 11.4 Å². The number of rotatable bonds is 4. The van der Waals surface area contributed by atoms with E-state index in [4.69, 9.17) is 14.9 Å². The highest BCUT2D eigenvalue weighted by atomic mass is 32.1. The van der Waals surface area contributed by atoms with Crippen LogP contribution in [-0.2, 0) is 17.9 Å². The molecule has 0 saturated heterocycles. The summed E-state index contributed by atoms with van der Waals surface area (Å²) in [5.74, 6) is 0.720. The number of nitrogens with zero attached hydrogens (tertiary/aromatic N) is 1. The molecule has 0 radical (unpaired) electrons. The molecule has 0 unspecified atom stereocenters. The number of aromatic nitrogens is 1. The number of carbonyl (C=O) groups excluding carboxylic acids is 1. The van der Waals surface area contributed by atoms with Crippen molar-refractivity contribution in [1.29, 1.82) is 0 Å². The van der Waals surface area contributed by atoms with E-state index in [1.165, 1.54) is 11.3 Å². The highest BCUT2D eigenvalue weighted by Crippen LogP contribution is 2.14. The van der Waals surface area contributed by atoms with Crippen LogP contribution in [0.3, 0.4) is 0 Å². The van der Waals surface area contributed by atoms with Gasteiger partial charge in [-0.25, -0.2) is 9.78 Å². The third kappa shape index (κ3) is 2.72. The summed E-state index contributed by atoms with van der Waals surface area (Å²) in [6, 6.07) is 3.51. The first kappa shape index (κ1) is 11.8. The van der Waals surface area contributed by atoms with E-state index in [9.17, 15) is 4.79 Å². The van der Waals surface area contributed by atoms with Crippen LogP contribution in [0.1, 0.15) is 27.0 Å². The summed E-state index contributed by atoms with van der Waals surface area (Å²) in [5, 5.41) is 1.82. The van der Waals surface area contributed by atoms with Crippen LogP contribution in [0, 0.1) is 6.92 Å². The normalized spacial score (nSPS) is 10.5. The number of ether oxygens (including phenoxy) is 1. The molecule has 5 nitrogen and oxygen atoms in total. The first-order valence-corrected chi connectivity index (χ1v) is 5.94. The van der Waals surface area contributed by atoms with Crippen LogP contribution in [0.25, 0.3) is 0 Å². The van der Waals surface area contributed by atoms with Crippen molar-refractivity contribution in [3.05, 3.63) is 39.7 Å². The molecule has 0 aromatic carbocycles. The molecule has 2 aromatic heterocycles. The lowest BCUT2D eigenvalue weighted by Gasteiger charge is -2.01. The van der Waals surface area contributed by atoms with E-state index < -0.39 is 0 Å². The molecule has 2 heterocycles. The highest BCUT2D eigenvalue weighted by molar-refractivity contribution is 7.11. The van der Waals surface area contributed by atoms with E-state index in [2.05, 4.69) is 4.98 Å². The molecule has 0 spiro atoms. The lowest BCUT2D eigenvalue weighted by molar-refractivity contribution is 0.0472. The summed E-state index contributed by atoms with van der Waals surface area (Å²) >= 11 is 1.34. The Hall–Kier alpha value is -1.66. The molecule has 17 heavy (non-hydrogen) atoms. The predicted molar refractivity (Wildman–Crippen MR) is 62.6 cm³/mol. The minimum atomic E-state index is -0.358. The Labute approximate surface area is 102 Å². The van der Waals surface area contributed by atoms with Crippen molar-refractivity contribution in [2.24, 2.45) is 5.73 Å². The lowest BCUT2D eigenvalue weighted by Crippen LogP contribution is -2.06. The van der Waals surface area contributed by atoms with Crippen LogP contribution in [0.5, 0.6) is 0 Å². The largest absolute Gasteiger partial charge is 0.455 e. The van der Waals surface area contributed by atoms with E-state index >= 15 is 0 Å². The molecule has 0 fully saturated rings. The Balaban J connectivity index is 2.00. The predicted octanol–water partition coefficient (Wildman–Crippen LogP) is 1.86. The Morgan fingerprint density at radius 2 is 2.47 bits per heavy atom. The lowest BCUT2D eigenvalue weighted by atomic mass is 10.3. The summed E-state index contributed by atoms with van der Waals surface area (Å²) < 4.78 is 10.4. The summed E-state index contributed by atoms with van der Waals surface area (Å²) in [6.45, 7) is 2.05. The molecule has 0 saturated carbocycles. The van der Waals surface area contributed by atoms with Crippen LogP contribution in [-0.4, -0.2) is 11.0 Å². The average molecular weight is 252 g/mol. The van der Waals surface area contributed by atoms with E-state index in [0.717, 1.165) is 0 Å². The minimum Gasteiger partial charge on any atom is -0.455 e. The molecule has 90 valence electrons. The molecule has 2 aromatic rings. The van der Waals surface area contributed by atoms with Gasteiger partial charge >= 0.3 is 5.97 Å². The number of thiophene rings is 1. The SMILES string of the molecule is Cc1nc(COC(=O)c2cccs2)c(CN)o1. The summed E-state index contributed by atoms with van der Waals surface area (Å²) in [6.07, 6.45) is 0. The molecule has 0 amide bonds. The first-order chi connectivity index (χ1) is 8.20. The summed E-state index contributed by atoms with van der Waals surface area (Å²) in [7, 11) is 0. The standard InChI is InChI=1S/C11H12N2O3S/c1-7-13-8(9(5-12)16-7)6-15-11(14)10-3-2-4-17-10/h2-4H,5-6,12H2,1H3. The molecule has 2 N–H and O–H groups in total. The van der Waals surface area contributed by atoms with Crippen molar-refractivity contribution in [2.75, 3.05) is 0 Å². The maximum absolute atomic E-state index is 11.6. The Morgan fingerprint density at radius 3 is 3.12 bits per heavy atom. The van der Waals surface area contributed by atoms with Crippen molar-refractivity contribution in [2.45, 2.75) is 20.1 Å². The topological polar surface area (TPSA) is 78.3 Å². The zero-order valence-corrected chi connectivity index (χ0v) is 10.1. The van der Waals surface area contributed by atoms with Crippen LogP contribution in [0.2, 0.25) is 0 Å².